The minimum atomic E-state index is -0.136. The van der Waals surface area contributed by atoms with Crippen LogP contribution in [-0.4, -0.2) is 32.4 Å². The van der Waals surface area contributed by atoms with E-state index in [1.165, 1.54) is 0 Å². The lowest BCUT2D eigenvalue weighted by Crippen LogP contribution is -2.24. The summed E-state index contributed by atoms with van der Waals surface area (Å²) in [7, 11) is 4.76. The molecule has 146 valence electrons. The van der Waals surface area contributed by atoms with Crippen molar-refractivity contribution >= 4 is 5.91 Å². The van der Waals surface area contributed by atoms with Crippen LogP contribution in [0.4, 0.5) is 0 Å². The van der Waals surface area contributed by atoms with Crippen LogP contribution in [0.3, 0.4) is 0 Å². The zero-order valence-electron chi connectivity index (χ0n) is 16.0. The fourth-order valence-corrected chi connectivity index (χ4v) is 2.69. The average Bonchev–Trinajstić information content (AvgIpc) is 3.20. The molecule has 0 fully saturated rings. The Morgan fingerprint density at radius 1 is 0.964 bits per heavy atom. The predicted octanol–water partition coefficient (Wildman–Crippen LogP) is 3.23. The first-order valence-electron chi connectivity index (χ1n) is 8.70. The number of hydrogen-bond donors (Lipinski definition) is 1. The highest BCUT2D eigenvalue weighted by molar-refractivity contribution is 5.78. The lowest BCUT2D eigenvalue weighted by Gasteiger charge is -2.07. The Hall–Kier alpha value is -3.48. The van der Waals surface area contributed by atoms with Crippen LogP contribution in [0.25, 0.3) is 11.3 Å². The number of ether oxygens (including phenoxy) is 3. The van der Waals surface area contributed by atoms with Gasteiger partial charge in [0.1, 0.15) is 5.75 Å². The third kappa shape index (κ3) is 4.62. The Morgan fingerprint density at radius 3 is 2.39 bits per heavy atom. The number of benzene rings is 2. The van der Waals surface area contributed by atoms with Crippen molar-refractivity contribution in [1.82, 2.24) is 10.5 Å². The van der Waals surface area contributed by atoms with Crippen LogP contribution in [0.15, 0.2) is 53.1 Å². The maximum absolute atomic E-state index is 12.2. The molecule has 0 spiro atoms. The fourth-order valence-electron chi connectivity index (χ4n) is 2.69. The minimum absolute atomic E-state index is 0.132. The van der Waals surface area contributed by atoms with Gasteiger partial charge in [0.25, 0.3) is 0 Å². The van der Waals surface area contributed by atoms with Gasteiger partial charge in [-0.25, -0.2) is 0 Å². The summed E-state index contributed by atoms with van der Waals surface area (Å²) in [6.45, 7) is 0.434. The van der Waals surface area contributed by atoms with Gasteiger partial charge in [-0.3, -0.25) is 4.79 Å². The topological polar surface area (TPSA) is 82.8 Å². The molecule has 0 atom stereocenters. The maximum atomic E-state index is 12.2. The molecule has 0 unspecified atom stereocenters. The van der Waals surface area contributed by atoms with E-state index in [1.54, 1.807) is 39.5 Å². The number of methoxy groups -OCH3 is 3. The van der Waals surface area contributed by atoms with Crippen molar-refractivity contribution < 1.29 is 23.5 Å². The van der Waals surface area contributed by atoms with E-state index in [9.17, 15) is 4.79 Å². The number of carbonyl (C=O) groups excluding carboxylic acids is 1. The number of nitrogens with one attached hydrogen (secondary N) is 1. The minimum Gasteiger partial charge on any atom is -0.497 e. The van der Waals surface area contributed by atoms with Gasteiger partial charge in [0, 0.05) is 18.2 Å². The number of carbonyl (C=O) groups is 1. The van der Waals surface area contributed by atoms with Crippen molar-refractivity contribution in [2.45, 2.75) is 13.0 Å². The molecule has 3 rings (SSSR count). The van der Waals surface area contributed by atoms with Gasteiger partial charge < -0.3 is 24.1 Å². The first kappa shape index (κ1) is 19.3. The molecule has 1 N–H and O–H groups in total. The van der Waals surface area contributed by atoms with Gasteiger partial charge in [0.2, 0.25) is 5.91 Å². The van der Waals surface area contributed by atoms with Gasteiger partial charge in [-0.1, -0.05) is 17.3 Å². The van der Waals surface area contributed by atoms with Crippen molar-refractivity contribution in [3.63, 3.8) is 0 Å². The summed E-state index contributed by atoms with van der Waals surface area (Å²) in [6.07, 6.45) is 0.132. The smallest absolute Gasteiger partial charge is 0.226 e. The zero-order chi connectivity index (χ0) is 19.9. The van der Waals surface area contributed by atoms with E-state index >= 15 is 0 Å². The van der Waals surface area contributed by atoms with Crippen LogP contribution >= 0.6 is 0 Å². The van der Waals surface area contributed by atoms with Crippen molar-refractivity contribution in [3.05, 3.63) is 59.8 Å². The molecule has 0 bridgehead atoms. The molecule has 0 saturated carbocycles. The van der Waals surface area contributed by atoms with Gasteiger partial charge in [-0.2, -0.15) is 0 Å². The molecule has 0 saturated heterocycles. The molecule has 0 aliphatic carbocycles. The largest absolute Gasteiger partial charge is 0.497 e. The summed E-state index contributed by atoms with van der Waals surface area (Å²) in [5.41, 5.74) is 2.33. The number of amides is 1. The average molecular weight is 382 g/mol. The summed E-state index contributed by atoms with van der Waals surface area (Å²) in [5.74, 6) is 2.42. The predicted molar refractivity (Wildman–Crippen MR) is 104 cm³/mol. The summed E-state index contributed by atoms with van der Waals surface area (Å²) in [6, 6.07) is 14.7. The molecule has 28 heavy (non-hydrogen) atoms. The Morgan fingerprint density at radius 2 is 1.71 bits per heavy atom. The Kier molecular flexibility index (Phi) is 6.16. The molecule has 0 aliphatic rings. The highest BCUT2D eigenvalue weighted by Gasteiger charge is 2.13. The van der Waals surface area contributed by atoms with E-state index in [0.29, 0.717) is 29.5 Å². The molecule has 1 heterocycles. The summed E-state index contributed by atoms with van der Waals surface area (Å²) < 4.78 is 21.0. The normalized spacial score (nSPS) is 10.4. The Bertz CT molecular complexity index is 934. The van der Waals surface area contributed by atoms with Gasteiger partial charge in [0.05, 0.1) is 33.4 Å². The van der Waals surface area contributed by atoms with Gasteiger partial charge in [0.15, 0.2) is 17.3 Å². The van der Waals surface area contributed by atoms with Crippen molar-refractivity contribution in [1.29, 1.82) is 0 Å². The summed E-state index contributed by atoms with van der Waals surface area (Å²) in [5, 5.41) is 6.85. The third-order valence-electron chi connectivity index (χ3n) is 4.22. The van der Waals surface area contributed by atoms with Crippen LogP contribution in [0.5, 0.6) is 17.2 Å². The molecular weight excluding hydrogens is 360 g/mol. The lowest BCUT2D eigenvalue weighted by molar-refractivity contribution is -0.120. The number of hydrogen-bond acceptors (Lipinski definition) is 6. The third-order valence-corrected chi connectivity index (χ3v) is 4.22. The highest BCUT2D eigenvalue weighted by atomic mass is 16.5. The molecule has 7 heteroatoms. The standard InChI is InChI=1S/C21H22N2O5/c1-25-17-7-4-14(5-8-17)13-22-21(24)12-16-11-19(28-23-16)15-6-9-18(26-2)20(10-15)27-3/h4-11H,12-13H2,1-3H3,(H,22,24). The van der Waals surface area contributed by atoms with E-state index in [2.05, 4.69) is 10.5 Å². The second kappa shape index (κ2) is 8.94. The lowest BCUT2D eigenvalue weighted by atomic mass is 10.1. The van der Waals surface area contributed by atoms with Crippen LogP contribution in [-0.2, 0) is 17.8 Å². The van der Waals surface area contributed by atoms with E-state index < -0.39 is 0 Å². The van der Waals surface area contributed by atoms with Crippen LogP contribution < -0.4 is 19.5 Å². The Labute approximate surface area is 163 Å². The van der Waals surface area contributed by atoms with Crippen molar-refractivity contribution in [2.75, 3.05) is 21.3 Å². The maximum Gasteiger partial charge on any atom is 0.226 e. The molecular formula is C21H22N2O5. The Balaban J connectivity index is 1.60. The van der Waals surface area contributed by atoms with E-state index in [4.69, 9.17) is 18.7 Å². The fraction of sp³-hybridized carbons (Fsp3) is 0.238. The van der Waals surface area contributed by atoms with Gasteiger partial charge in [-0.15, -0.1) is 0 Å². The monoisotopic (exact) mass is 382 g/mol. The van der Waals surface area contributed by atoms with Crippen LogP contribution in [0.2, 0.25) is 0 Å². The molecule has 2 aromatic carbocycles. The first-order chi connectivity index (χ1) is 13.6. The molecule has 3 aromatic rings. The summed E-state index contributed by atoms with van der Waals surface area (Å²) in [4.78, 5) is 12.2. The zero-order valence-corrected chi connectivity index (χ0v) is 16.0. The number of aromatic nitrogens is 1. The molecule has 1 aromatic heterocycles. The molecule has 1 amide bonds. The van der Waals surface area contributed by atoms with E-state index in [1.807, 2.05) is 30.3 Å². The highest BCUT2D eigenvalue weighted by Crippen LogP contribution is 2.32. The van der Waals surface area contributed by atoms with Crippen molar-refractivity contribution in [2.24, 2.45) is 0 Å². The van der Waals surface area contributed by atoms with Crippen LogP contribution in [0.1, 0.15) is 11.3 Å². The van der Waals surface area contributed by atoms with E-state index in [-0.39, 0.29) is 12.3 Å². The molecule has 0 aliphatic heterocycles. The second-order valence-electron chi connectivity index (χ2n) is 6.05. The summed E-state index contributed by atoms with van der Waals surface area (Å²) >= 11 is 0. The quantitative estimate of drug-likeness (QED) is 0.644. The second-order valence-corrected chi connectivity index (χ2v) is 6.05. The van der Waals surface area contributed by atoms with Crippen LogP contribution in [0, 0.1) is 0 Å². The van der Waals surface area contributed by atoms with Gasteiger partial charge in [-0.05, 0) is 35.9 Å². The SMILES string of the molecule is COc1ccc(CNC(=O)Cc2cc(-c3ccc(OC)c(OC)c3)on2)cc1. The van der Waals surface area contributed by atoms with Crippen molar-refractivity contribution in [3.8, 4) is 28.6 Å². The van der Waals surface area contributed by atoms with E-state index in [0.717, 1.165) is 16.9 Å². The molecule has 0 radical (unpaired) electrons. The first-order valence-corrected chi connectivity index (χ1v) is 8.70. The van der Waals surface area contributed by atoms with Gasteiger partial charge >= 0.3 is 0 Å². The number of rotatable bonds is 8. The number of nitrogens with zero attached hydrogens (tertiary/aromatic N) is 1. The molecule has 7 nitrogen and oxygen atoms in total.